The number of hydrogen-bond donors (Lipinski definition) is 2. The van der Waals surface area contributed by atoms with Crippen molar-refractivity contribution in [3.05, 3.63) is 29.0 Å². The number of aromatic nitrogens is 2. The van der Waals surface area contributed by atoms with E-state index in [0.29, 0.717) is 28.1 Å². The molecule has 7 nitrogen and oxygen atoms in total. The highest BCUT2D eigenvalue weighted by Crippen LogP contribution is 2.53. The smallest absolute Gasteiger partial charge is 0.319 e. The molecule has 1 atom stereocenters. The molecular formula is C19H21ClN4O3. The van der Waals surface area contributed by atoms with Crippen LogP contribution in [0.5, 0.6) is 0 Å². The van der Waals surface area contributed by atoms with Crippen molar-refractivity contribution in [3.63, 3.8) is 0 Å². The van der Waals surface area contributed by atoms with E-state index < -0.39 is 0 Å². The van der Waals surface area contributed by atoms with Crippen LogP contribution in [0.1, 0.15) is 43.8 Å². The molecule has 2 heterocycles. The molecule has 3 aliphatic rings. The fourth-order valence-electron chi connectivity index (χ4n) is 3.86. The van der Waals surface area contributed by atoms with Crippen molar-refractivity contribution in [2.75, 3.05) is 18.5 Å². The van der Waals surface area contributed by atoms with Crippen LogP contribution in [-0.2, 0) is 4.74 Å². The molecule has 2 N–H and O–H groups in total. The molecular weight excluding hydrogens is 368 g/mol. The third-order valence-corrected chi connectivity index (χ3v) is 6.06. The highest BCUT2D eigenvalue weighted by Gasteiger charge is 2.55. The van der Waals surface area contributed by atoms with Gasteiger partial charge in [0.05, 0.1) is 11.3 Å². The Hall–Kier alpha value is -2.12. The minimum absolute atomic E-state index is 0.203. The molecule has 2 aromatic rings. The van der Waals surface area contributed by atoms with Crippen LogP contribution in [0.2, 0.25) is 5.02 Å². The van der Waals surface area contributed by atoms with Gasteiger partial charge >= 0.3 is 6.03 Å². The summed E-state index contributed by atoms with van der Waals surface area (Å²) in [5, 5.41) is 10.6. The predicted molar refractivity (Wildman–Crippen MR) is 99.8 cm³/mol. The predicted octanol–water partition coefficient (Wildman–Crippen LogP) is 3.96. The Labute approximate surface area is 161 Å². The standard InChI is InChI=1S/C19H21ClN4O3/c20-12-3-4-13(17-23-16(24-27-17)11-1-2-11)14(9-12)21-18(25)22-15-10-19(15)5-7-26-8-6-19/h3-4,9,11,15H,1-2,5-8,10H2,(H2,21,22,25). The molecule has 27 heavy (non-hydrogen) atoms. The van der Waals surface area contributed by atoms with Gasteiger partial charge in [0.1, 0.15) is 0 Å². The van der Waals surface area contributed by atoms with Crippen molar-refractivity contribution in [2.24, 2.45) is 5.41 Å². The molecule has 8 heteroatoms. The van der Waals surface area contributed by atoms with Crippen molar-refractivity contribution in [3.8, 4) is 11.5 Å². The molecule has 5 rings (SSSR count). The number of hydrogen-bond acceptors (Lipinski definition) is 5. The number of halogens is 1. The third kappa shape index (κ3) is 3.41. The zero-order valence-electron chi connectivity index (χ0n) is 14.8. The lowest BCUT2D eigenvalue weighted by atomic mass is 9.96. The van der Waals surface area contributed by atoms with Gasteiger partial charge < -0.3 is 19.9 Å². The zero-order chi connectivity index (χ0) is 18.4. The maximum absolute atomic E-state index is 12.5. The van der Waals surface area contributed by atoms with Crippen LogP contribution in [0.4, 0.5) is 10.5 Å². The van der Waals surface area contributed by atoms with Gasteiger partial charge in [-0.1, -0.05) is 16.8 Å². The second kappa shape index (κ2) is 6.49. The van der Waals surface area contributed by atoms with Gasteiger partial charge in [0.25, 0.3) is 5.89 Å². The van der Waals surface area contributed by atoms with Crippen LogP contribution in [0.15, 0.2) is 22.7 Å². The van der Waals surface area contributed by atoms with Crippen LogP contribution < -0.4 is 10.6 Å². The van der Waals surface area contributed by atoms with E-state index in [9.17, 15) is 4.79 Å². The number of carbonyl (C=O) groups excluding carboxylic acids is 1. The first-order valence-corrected chi connectivity index (χ1v) is 9.80. The van der Waals surface area contributed by atoms with Gasteiger partial charge in [-0.25, -0.2) is 4.79 Å². The lowest BCUT2D eigenvalue weighted by Crippen LogP contribution is -2.35. The van der Waals surface area contributed by atoms with Gasteiger partial charge in [-0.3, -0.25) is 0 Å². The summed E-state index contributed by atoms with van der Waals surface area (Å²) in [6, 6.07) is 5.20. The number of nitrogens with one attached hydrogen (secondary N) is 2. The molecule has 1 saturated heterocycles. The number of anilines is 1. The average molecular weight is 389 g/mol. The van der Waals surface area contributed by atoms with Crippen molar-refractivity contribution in [2.45, 2.75) is 44.1 Å². The number of benzene rings is 1. The summed E-state index contributed by atoms with van der Waals surface area (Å²) in [6.45, 7) is 1.55. The number of carbonyl (C=O) groups is 1. The lowest BCUT2D eigenvalue weighted by molar-refractivity contribution is 0.0548. The Bertz CT molecular complexity index is 874. The van der Waals surface area contributed by atoms with Gasteiger partial charge in [0.15, 0.2) is 5.82 Å². The zero-order valence-corrected chi connectivity index (χ0v) is 15.6. The summed E-state index contributed by atoms with van der Waals surface area (Å²) in [4.78, 5) is 17.0. The van der Waals surface area contributed by atoms with Crippen LogP contribution >= 0.6 is 11.6 Å². The molecule has 2 amide bonds. The molecule has 0 bridgehead atoms. The second-order valence-corrected chi connectivity index (χ2v) is 8.19. The van der Waals surface area contributed by atoms with Crippen molar-refractivity contribution < 1.29 is 14.1 Å². The minimum Gasteiger partial charge on any atom is -0.381 e. The first-order valence-electron chi connectivity index (χ1n) is 9.42. The van der Waals surface area contributed by atoms with Crippen molar-refractivity contribution in [1.29, 1.82) is 0 Å². The summed E-state index contributed by atoms with van der Waals surface area (Å²) in [5.41, 5.74) is 1.46. The molecule has 2 saturated carbocycles. The Balaban J connectivity index is 1.30. The van der Waals surface area contributed by atoms with Gasteiger partial charge in [0, 0.05) is 30.2 Å². The summed E-state index contributed by atoms with van der Waals surface area (Å²) < 4.78 is 10.8. The monoisotopic (exact) mass is 388 g/mol. The fourth-order valence-corrected chi connectivity index (χ4v) is 4.03. The summed E-state index contributed by atoms with van der Waals surface area (Å²) in [5.74, 6) is 1.53. The molecule has 142 valence electrons. The number of urea groups is 1. The van der Waals surface area contributed by atoms with Gasteiger partial charge in [0.2, 0.25) is 0 Å². The second-order valence-electron chi connectivity index (χ2n) is 7.75. The highest BCUT2D eigenvalue weighted by atomic mass is 35.5. The van der Waals surface area contributed by atoms with Crippen molar-refractivity contribution in [1.82, 2.24) is 15.5 Å². The maximum atomic E-state index is 12.5. The van der Waals surface area contributed by atoms with Crippen molar-refractivity contribution >= 4 is 23.3 Å². The Morgan fingerprint density at radius 1 is 1.26 bits per heavy atom. The van der Waals surface area contributed by atoms with Crippen LogP contribution in [0.3, 0.4) is 0 Å². The third-order valence-electron chi connectivity index (χ3n) is 5.83. The molecule has 1 spiro atoms. The lowest BCUT2D eigenvalue weighted by Gasteiger charge is -2.23. The Morgan fingerprint density at radius 2 is 2.07 bits per heavy atom. The summed E-state index contributed by atoms with van der Waals surface area (Å²) in [7, 11) is 0. The quantitative estimate of drug-likeness (QED) is 0.827. The normalized spacial score (nSPS) is 23.2. The molecule has 2 aliphatic carbocycles. The Morgan fingerprint density at radius 3 is 2.85 bits per heavy atom. The number of amides is 2. The van der Waals surface area contributed by atoms with E-state index in [-0.39, 0.29) is 17.5 Å². The van der Waals surface area contributed by atoms with Gasteiger partial charge in [-0.05, 0) is 55.7 Å². The minimum atomic E-state index is -0.242. The largest absolute Gasteiger partial charge is 0.381 e. The van der Waals surface area contributed by atoms with E-state index in [1.807, 2.05) is 0 Å². The molecule has 1 aliphatic heterocycles. The molecule has 0 radical (unpaired) electrons. The average Bonchev–Trinajstić information content (AvgIpc) is 3.55. The SMILES string of the molecule is O=C(Nc1cc(Cl)ccc1-c1nc(C2CC2)no1)NC1CC12CCOCC2. The molecule has 1 aromatic heterocycles. The van der Waals surface area contributed by atoms with E-state index in [2.05, 4.69) is 20.8 Å². The van der Waals surface area contributed by atoms with Crippen LogP contribution in [0.25, 0.3) is 11.5 Å². The van der Waals surface area contributed by atoms with Crippen LogP contribution in [-0.4, -0.2) is 35.4 Å². The molecule has 3 fully saturated rings. The summed E-state index contributed by atoms with van der Waals surface area (Å²) in [6.07, 6.45) is 5.22. The molecule has 1 unspecified atom stereocenters. The summed E-state index contributed by atoms with van der Waals surface area (Å²) >= 11 is 6.14. The van der Waals surface area contributed by atoms with E-state index >= 15 is 0 Å². The fraction of sp³-hybridized carbons (Fsp3) is 0.526. The van der Waals surface area contributed by atoms with E-state index in [4.69, 9.17) is 20.9 Å². The van der Waals surface area contributed by atoms with E-state index in [1.54, 1.807) is 18.2 Å². The van der Waals surface area contributed by atoms with E-state index in [0.717, 1.165) is 51.1 Å². The first kappa shape index (κ1) is 17.0. The number of nitrogens with zero attached hydrogens (tertiary/aromatic N) is 2. The number of ether oxygens (including phenoxy) is 1. The Kier molecular flexibility index (Phi) is 4.09. The number of rotatable bonds is 4. The topological polar surface area (TPSA) is 89.3 Å². The maximum Gasteiger partial charge on any atom is 0.319 e. The molecule has 1 aromatic carbocycles. The van der Waals surface area contributed by atoms with Crippen LogP contribution in [0, 0.1) is 5.41 Å². The van der Waals surface area contributed by atoms with Gasteiger partial charge in [-0.15, -0.1) is 0 Å². The first-order chi connectivity index (χ1) is 13.1. The van der Waals surface area contributed by atoms with E-state index in [1.165, 1.54) is 0 Å². The highest BCUT2D eigenvalue weighted by molar-refractivity contribution is 6.31. The van der Waals surface area contributed by atoms with Gasteiger partial charge in [-0.2, -0.15) is 4.98 Å².